The number of hydrogen-bond acceptors (Lipinski definition) is 7. The molecule has 0 atom stereocenters. The number of aromatic nitrogens is 4. The SMILES string of the molecule is Nc1nc(-c2cc3c4c(n[nH]c4c2)Nc2ccccc2O3)cc(C2CCOCC2)n1. The maximum absolute atomic E-state index is 6.26. The van der Waals surface area contributed by atoms with Crippen LogP contribution in [0.15, 0.2) is 42.5 Å². The number of rotatable bonds is 2. The number of anilines is 3. The highest BCUT2D eigenvalue weighted by atomic mass is 16.5. The smallest absolute Gasteiger partial charge is 0.220 e. The molecule has 150 valence electrons. The van der Waals surface area contributed by atoms with Crippen molar-refractivity contribution in [3.8, 4) is 22.8 Å². The molecule has 30 heavy (non-hydrogen) atoms. The van der Waals surface area contributed by atoms with Crippen LogP contribution in [0.4, 0.5) is 17.5 Å². The average molecular weight is 400 g/mol. The van der Waals surface area contributed by atoms with Gasteiger partial charge in [0.15, 0.2) is 11.6 Å². The summed E-state index contributed by atoms with van der Waals surface area (Å²) in [5.74, 6) is 2.81. The normalized spacial score (nSPS) is 15.9. The van der Waals surface area contributed by atoms with Crippen LogP contribution >= 0.6 is 0 Å². The third-order valence-corrected chi connectivity index (χ3v) is 5.69. The Morgan fingerprint density at radius 3 is 2.77 bits per heavy atom. The number of para-hydroxylation sites is 2. The molecule has 4 N–H and O–H groups in total. The van der Waals surface area contributed by atoms with E-state index < -0.39 is 0 Å². The minimum absolute atomic E-state index is 0.276. The van der Waals surface area contributed by atoms with Gasteiger partial charge in [0.05, 0.1) is 22.3 Å². The zero-order valence-electron chi connectivity index (χ0n) is 16.2. The van der Waals surface area contributed by atoms with Crippen molar-refractivity contribution in [2.75, 3.05) is 24.3 Å². The second kappa shape index (κ2) is 6.70. The molecule has 1 fully saturated rings. The van der Waals surface area contributed by atoms with Gasteiger partial charge in [-0.1, -0.05) is 12.1 Å². The van der Waals surface area contributed by atoms with E-state index in [0.717, 1.165) is 71.2 Å². The summed E-state index contributed by atoms with van der Waals surface area (Å²) in [4.78, 5) is 9.00. The van der Waals surface area contributed by atoms with Crippen molar-refractivity contribution in [2.24, 2.45) is 0 Å². The highest BCUT2D eigenvalue weighted by molar-refractivity contribution is 6.00. The maximum atomic E-state index is 6.26. The third kappa shape index (κ3) is 2.84. The van der Waals surface area contributed by atoms with Gasteiger partial charge < -0.3 is 20.5 Å². The van der Waals surface area contributed by atoms with E-state index in [-0.39, 0.29) is 5.95 Å². The van der Waals surface area contributed by atoms with Crippen LogP contribution in [0.5, 0.6) is 11.5 Å². The molecule has 4 aromatic rings. The molecule has 2 aromatic carbocycles. The Hall–Kier alpha value is -3.65. The topological polar surface area (TPSA) is 111 Å². The number of ether oxygens (including phenoxy) is 2. The van der Waals surface area contributed by atoms with Crippen LogP contribution in [-0.4, -0.2) is 33.4 Å². The van der Waals surface area contributed by atoms with Gasteiger partial charge in [-0.25, -0.2) is 9.97 Å². The van der Waals surface area contributed by atoms with Gasteiger partial charge >= 0.3 is 0 Å². The molecule has 2 aromatic heterocycles. The first-order chi connectivity index (χ1) is 14.7. The molecule has 0 radical (unpaired) electrons. The first kappa shape index (κ1) is 17.2. The Morgan fingerprint density at radius 1 is 1.00 bits per heavy atom. The van der Waals surface area contributed by atoms with Crippen LogP contribution in [0.3, 0.4) is 0 Å². The molecular formula is C22H20N6O2. The van der Waals surface area contributed by atoms with Crippen LogP contribution in [0.2, 0.25) is 0 Å². The summed E-state index contributed by atoms with van der Waals surface area (Å²) >= 11 is 0. The summed E-state index contributed by atoms with van der Waals surface area (Å²) in [6.07, 6.45) is 1.88. The van der Waals surface area contributed by atoms with E-state index in [1.165, 1.54) is 0 Å². The molecule has 6 rings (SSSR count). The molecule has 2 aliphatic heterocycles. The average Bonchev–Trinajstić information content (AvgIpc) is 3.10. The standard InChI is InChI=1S/C22H20N6O2/c23-22-25-15(12-5-7-29-8-6-12)11-16(26-22)13-9-17-20-19(10-13)30-18-4-2-1-3-14(18)24-21(20)28-27-17/h1-4,9-12H,5-8H2,(H2,23,25,26)(H2,24,27,28). The number of benzene rings is 2. The number of fused-ring (bicyclic) bond motifs is 1. The maximum Gasteiger partial charge on any atom is 0.220 e. The molecule has 2 aliphatic rings. The summed E-state index contributed by atoms with van der Waals surface area (Å²) in [7, 11) is 0. The Bertz CT molecular complexity index is 1260. The van der Waals surface area contributed by atoms with Crippen molar-refractivity contribution in [2.45, 2.75) is 18.8 Å². The Kier molecular flexibility index (Phi) is 3.85. The van der Waals surface area contributed by atoms with Crippen molar-refractivity contribution in [3.05, 3.63) is 48.2 Å². The number of aromatic amines is 1. The van der Waals surface area contributed by atoms with Crippen molar-refractivity contribution >= 4 is 28.4 Å². The van der Waals surface area contributed by atoms with E-state index in [0.29, 0.717) is 11.7 Å². The minimum Gasteiger partial charge on any atom is -0.454 e. The molecule has 0 aliphatic carbocycles. The van der Waals surface area contributed by atoms with Crippen molar-refractivity contribution in [3.63, 3.8) is 0 Å². The van der Waals surface area contributed by atoms with Gasteiger partial charge in [0.25, 0.3) is 0 Å². The first-order valence-corrected chi connectivity index (χ1v) is 10.0. The summed E-state index contributed by atoms with van der Waals surface area (Å²) in [6, 6.07) is 13.8. The fraction of sp³-hybridized carbons (Fsp3) is 0.227. The van der Waals surface area contributed by atoms with Crippen molar-refractivity contribution in [1.82, 2.24) is 20.2 Å². The van der Waals surface area contributed by atoms with E-state index in [1.54, 1.807) is 0 Å². The van der Waals surface area contributed by atoms with E-state index in [9.17, 15) is 0 Å². The lowest BCUT2D eigenvalue weighted by molar-refractivity contribution is 0.0845. The summed E-state index contributed by atoms with van der Waals surface area (Å²) < 4.78 is 11.7. The number of H-pyrrole nitrogens is 1. The molecule has 0 amide bonds. The second-order valence-corrected chi connectivity index (χ2v) is 7.62. The Morgan fingerprint density at radius 2 is 1.87 bits per heavy atom. The van der Waals surface area contributed by atoms with E-state index in [4.69, 9.17) is 15.2 Å². The quantitative estimate of drug-likeness (QED) is 0.404. The molecule has 0 spiro atoms. The number of nitrogens with one attached hydrogen (secondary N) is 2. The molecule has 0 bridgehead atoms. The van der Waals surface area contributed by atoms with Gasteiger partial charge in [-0.15, -0.1) is 0 Å². The van der Waals surface area contributed by atoms with Crippen LogP contribution in [0, 0.1) is 0 Å². The molecule has 8 heteroatoms. The number of hydrogen-bond donors (Lipinski definition) is 3. The van der Waals surface area contributed by atoms with E-state index in [1.807, 2.05) is 42.5 Å². The number of nitrogens with two attached hydrogens (primary N) is 1. The summed E-state index contributed by atoms with van der Waals surface area (Å²) in [5, 5.41) is 11.8. The fourth-order valence-corrected chi connectivity index (χ4v) is 4.18. The lowest BCUT2D eigenvalue weighted by Gasteiger charge is -2.22. The predicted octanol–water partition coefficient (Wildman–Crippen LogP) is 4.35. The highest BCUT2D eigenvalue weighted by Crippen LogP contribution is 2.44. The molecule has 1 saturated heterocycles. The highest BCUT2D eigenvalue weighted by Gasteiger charge is 2.22. The summed E-state index contributed by atoms with van der Waals surface area (Å²) in [5.41, 5.74) is 10.4. The van der Waals surface area contributed by atoms with Gasteiger partial charge in [0, 0.05) is 30.4 Å². The molecule has 4 heterocycles. The predicted molar refractivity (Wildman–Crippen MR) is 114 cm³/mol. The van der Waals surface area contributed by atoms with Crippen molar-refractivity contribution < 1.29 is 9.47 Å². The van der Waals surface area contributed by atoms with Crippen LogP contribution < -0.4 is 15.8 Å². The van der Waals surface area contributed by atoms with Gasteiger partial charge in [-0.3, -0.25) is 5.10 Å². The summed E-state index contributed by atoms with van der Waals surface area (Å²) in [6.45, 7) is 1.49. The van der Waals surface area contributed by atoms with Crippen LogP contribution in [0.25, 0.3) is 22.2 Å². The van der Waals surface area contributed by atoms with Crippen molar-refractivity contribution in [1.29, 1.82) is 0 Å². The van der Waals surface area contributed by atoms with Crippen LogP contribution in [-0.2, 0) is 4.74 Å². The molecule has 8 nitrogen and oxygen atoms in total. The largest absolute Gasteiger partial charge is 0.454 e. The van der Waals surface area contributed by atoms with E-state index in [2.05, 4.69) is 25.5 Å². The van der Waals surface area contributed by atoms with Gasteiger partial charge in [-0.2, -0.15) is 5.10 Å². The Labute approximate surface area is 172 Å². The van der Waals surface area contributed by atoms with Crippen LogP contribution in [0.1, 0.15) is 24.5 Å². The zero-order valence-corrected chi connectivity index (χ0v) is 16.2. The third-order valence-electron chi connectivity index (χ3n) is 5.69. The second-order valence-electron chi connectivity index (χ2n) is 7.62. The Balaban J connectivity index is 1.48. The molecule has 0 saturated carbocycles. The first-order valence-electron chi connectivity index (χ1n) is 10.0. The lowest BCUT2D eigenvalue weighted by atomic mass is 9.95. The van der Waals surface area contributed by atoms with Gasteiger partial charge in [0.2, 0.25) is 5.95 Å². The molecular weight excluding hydrogens is 380 g/mol. The lowest BCUT2D eigenvalue weighted by Crippen LogP contribution is -2.16. The monoisotopic (exact) mass is 400 g/mol. The van der Waals surface area contributed by atoms with Gasteiger partial charge in [-0.05, 0) is 43.2 Å². The zero-order chi connectivity index (χ0) is 20.1. The number of nitrogen functional groups attached to an aromatic ring is 1. The fourth-order valence-electron chi connectivity index (χ4n) is 4.18. The number of nitrogens with zero attached hydrogens (tertiary/aromatic N) is 3. The minimum atomic E-state index is 0.276. The molecule has 0 unspecified atom stereocenters. The van der Waals surface area contributed by atoms with E-state index >= 15 is 0 Å². The van der Waals surface area contributed by atoms with Gasteiger partial charge in [0.1, 0.15) is 5.75 Å².